The van der Waals surface area contributed by atoms with Gasteiger partial charge in [-0.2, -0.15) is 0 Å². The molecule has 0 aliphatic heterocycles. The number of rotatable bonds is 2. The summed E-state index contributed by atoms with van der Waals surface area (Å²) in [5, 5.41) is 0. The first-order chi connectivity index (χ1) is 6.43. The van der Waals surface area contributed by atoms with Crippen LogP contribution in [0.2, 0.25) is 0 Å². The van der Waals surface area contributed by atoms with Crippen LogP contribution in [0.3, 0.4) is 0 Å². The van der Waals surface area contributed by atoms with Crippen LogP contribution in [-0.4, -0.2) is 16.7 Å². The summed E-state index contributed by atoms with van der Waals surface area (Å²) >= 11 is 0. The molecule has 1 heterocycles. The Hall–Kier alpha value is -1.58. The smallest absolute Gasteiger partial charge is 0.309 e. The highest BCUT2D eigenvalue weighted by Gasteiger charge is 2.16. The number of ether oxygens (including phenoxy) is 1. The van der Waals surface area contributed by atoms with Crippen molar-refractivity contribution >= 4 is 11.8 Å². The van der Waals surface area contributed by atoms with E-state index in [-0.39, 0.29) is 5.78 Å². The lowest BCUT2D eigenvalue weighted by Gasteiger charge is -1.98. The van der Waals surface area contributed by atoms with Crippen molar-refractivity contribution < 1.29 is 14.3 Å². The predicted molar refractivity (Wildman–Crippen MR) is 51.6 cm³/mol. The molecule has 0 amide bonds. The quantitative estimate of drug-likeness (QED) is 0.577. The molecule has 4 nitrogen and oxygen atoms in total. The van der Waals surface area contributed by atoms with Gasteiger partial charge in [-0.15, -0.1) is 0 Å². The van der Waals surface area contributed by atoms with Crippen molar-refractivity contribution in [2.45, 2.75) is 27.7 Å². The summed E-state index contributed by atoms with van der Waals surface area (Å²) in [7, 11) is 0. The Kier molecular flexibility index (Phi) is 2.74. The van der Waals surface area contributed by atoms with Crippen molar-refractivity contribution in [2.24, 2.45) is 0 Å². The van der Waals surface area contributed by atoms with Crippen LogP contribution in [0.1, 0.15) is 35.5 Å². The first kappa shape index (κ1) is 10.5. The van der Waals surface area contributed by atoms with Crippen LogP contribution < -0.4 is 4.74 Å². The van der Waals surface area contributed by atoms with Gasteiger partial charge in [0.05, 0.1) is 0 Å². The van der Waals surface area contributed by atoms with Crippen molar-refractivity contribution in [3.63, 3.8) is 0 Å². The molecule has 4 heteroatoms. The summed E-state index contributed by atoms with van der Waals surface area (Å²) in [6.07, 6.45) is 0. The molecule has 0 aromatic carbocycles. The fourth-order valence-corrected chi connectivity index (χ4v) is 1.50. The fraction of sp³-hybridized carbons (Fsp3) is 0.400. The maximum Gasteiger partial charge on any atom is 0.309 e. The average molecular weight is 195 g/mol. The minimum atomic E-state index is -0.399. The van der Waals surface area contributed by atoms with Crippen molar-refractivity contribution in [1.82, 2.24) is 4.98 Å². The minimum Gasteiger partial charge on any atom is -0.409 e. The number of aromatic amines is 1. The topological polar surface area (TPSA) is 59.2 Å². The molecule has 0 unspecified atom stereocenters. The zero-order chi connectivity index (χ0) is 10.9. The number of Topliss-reactive ketones (excluding diaryl/α,β-unsaturated/α-hetero) is 1. The Morgan fingerprint density at radius 1 is 1.21 bits per heavy atom. The fourth-order valence-electron chi connectivity index (χ4n) is 1.50. The van der Waals surface area contributed by atoms with Crippen LogP contribution in [0.15, 0.2) is 0 Å². The second-order valence-corrected chi connectivity index (χ2v) is 3.23. The Morgan fingerprint density at radius 2 is 1.79 bits per heavy atom. The number of hydrogen-bond donors (Lipinski definition) is 1. The van der Waals surface area contributed by atoms with E-state index >= 15 is 0 Å². The van der Waals surface area contributed by atoms with Gasteiger partial charge in [-0.3, -0.25) is 9.59 Å². The molecule has 1 aromatic rings. The summed E-state index contributed by atoms with van der Waals surface area (Å²) in [5.41, 5.74) is 2.01. The van der Waals surface area contributed by atoms with Crippen LogP contribution in [0.4, 0.5) is 0 Å². The highest BCUT2D eigenvalue weighted by molar-refractivity contribution is 5.97. The number of carbonyl (C=O) groups excluding carboxylic acids is 2. The first-order valence-electron chi connectivity index (χ1n) is 4.32. The van der Waals surface area contributed by atoms with Gasteiger partial charge in [0.1, 0.15) is 0 Å². The van der Waals surface area contributed by atoms with Crippen molar-refractivity contribution in [2.75, 3.05) is 0 Å². The molecule has 0 spiro atoms. The van der Waals surface area contributed by atoms with Crippen LogP contribution in [0.25, 0.3) is 0 Å². The van der Waals surface area contributed by atoms with Crippen LogP contribution in [0.5, 0.6) is 5.88 Å². The maximum atomic E-state index is 11.2. The lowest BCUT2D eigenvalue weighted by Crippen LogP contribution is -2.03. The summed E-state index contributed by atoms with van der Waals surface area (Å²) < 4.78 is 4.91. The molecule has 0 aliphatic rings. The van der Waals surface area contributed by atoms with Gasteiger partial charge in [0.2, 0.25) is 5.88 Å². The highest BCUT2D eigenvalue weighted by Crippen LogP contribution is 2.24. The van der Waals surface area contributed by atoms with E-state index in [0.29, 0.717) is 17.0 Å². The van der Waals surface area contributed by atoms with Gasteiger partial charge >= 0.3 is 5.97 Å². The molecular weight excluding hydrogens is 182 g/mol. The van der Waals surface area contributed by atoms with E-state index in [0.717, 1.165) is 5.69 Å². The monoisotopic (exact) mass is 195 g/mol. The molecule has 0 fully saturated rings. The Balaban J connectivity index is 3.16. The normalized spacial score (nSPS) is 10.0. The van der Waals surface area contributed by atoms with E-state index in [4.69, 9.17) is 4.74 Å². The van der Waals surface area contributed by atoms with Crippen LogP contribution in [-0.2, 0) is 4.79 Å². The molecule has 0 saturated carbocycles. The number of esters is 1. The van der Waals surface area contributed by atoms with Crippen molar-refractivity contribution in [1.29, 1.82) is 0 Å². The number of carbonyl (C=O) groups is 2. The van der Waals surface area contributed by atoms with Gasteiger partial charge in [-0.25, -0.2) is 0 Å². The summed E-state index contributed by atoms with van der Waals surface area (Å²) in [6, 6.07) is 0. The molecule has 0 radical (unpaired) electrons. The van der Waals surface area contributed by atoms with E-state index in [1.807, 2.05) is 0 Å². The Bertz CT molecular complexity index is 390. The van der Waals surface area contributed by atoms with E-state index in [1.54, 1.807) is 13.8 Å². The van der Waals surface area contributed by atoms with Gasteiger partial charge in [0, 0.05) is 23.7 Å². The van der Waals surface area contributed by atoms with Gasteiger partial charge in [-0.1, -0.05) is 0 Å². The lowest BCUT2D eigenvalue weighted by atomic mass is 10.1. The van der Waals surface area contributed by atoms with Gasteiger partial charge in [0.25, 0.3) is 0 Å². The Labute approximate surface area is 82.3 Å². The molecule has 1 rings (SSSR count). The number of aryl methyl sites for hydroxylation is 1. The largest absolute Gasteiger partial charge is 0.409 e. The first-order valence-corrected chi connectivity index (χ1v) is 4.32. The van der Waals surface area contributed by atoms with E-state index in [2.05, 4.69) is 4.98 Å². The third-order valence-corrected chi connectivity index (χ3v) is 1.99. The maximum absolute atomic E-state index is 11.2. The minimum absolute atomic E-state index is 0.0327. The molecular formula is C10H13NO3. The average Bonchev–Trinajstić information content (AvgIpc) is 2.25. The molecule has 14 heavy (non-hydrogen) atoms. The zero-order valence-corrected chi connectivity index (χ0v) is 8.72. The van der Waals surface area contributed by atoms with Crippen LogP contribution >= 0.6 is 0 Å². The van der Waals surface area contributed by atoms with Crippen LogP contribution in [0, 0.1) is 13.8 Å². The third kappa shape index (κ3) is 1.84. The second-order valence-electron chi connectivity index (χ2n) is 3.23. The summed E-state index contributed by atoms with van der Waals surface area (Å²) in [4.78, 5) is 24.8. The zero-order valence-electron chi connectivity index (χ0n) is 8.72. The van der Waals surface area contributed by atoms with Gasteiger partial charge in [0.15, 0.2) is 5.78 Å². The van der Waals surface area contributed by atoms with E-state index in [9.17, 15) is 9.59 Å². The Morgan fingerprint density at radius 3 is 2.14 bits per heavy atom. The number of ketones is 1. The number of nitrogens with one attached hydrogen (secondary N) is 1. The predicted octanol–water partition coefficient (Wildman–Crippen LogP) is 1.76. The lowest BCUT2D eigenvalue weighted by molar-refractivity contribution is -0.132. The third-order valence-electron chi connectivity index (χ3n) is 1.99. The summed E-state index contributed by atoms with van der Waals surface area (Å²) in [6.45, 7) is 6.33. The molecule has 0 bridgehead atoms. The highest BCUT2D eigenvalue weighted by atomic mass is 16.5. The van der Waals surface area contributed by atoms with Crippen molar-refractivity contribution in [3.8, 4) is 5.88 Å². The van der Waals surface area contributed by atoms with Gasteiger partial charge in [-0.05, 0) is 20.8 Å². The van der Waals surface area contributed by atoms with E-state index < -0.39 is 5.97 Å². The molecule has 0 saturated heterocycles. The van der Waals surface area contributed by atoms with E-state index in [1.165, 1.54) is 13.8 Å². The number of H-pyrrole nitrogens is 1. The number of hydrogen-bond acceptors (Lipinski definition) is 3. The molecule has 1 aromatic heterocycles. The second kappa shape index (κ2) is 3.65. The molecule has 76 valence electrons. The van der Waals surface area contributed by atoms with Gasteiger partial charge < -0.3 is 9.72 Å². The molecule has 0 atom stereocenters. The van der Waals surface area contributed by atoms with Crippen molar-refractivity contribution in [3.05, 3.63) is 16.8 Å². The summed E-state index contributed by atoms with van der Waals surface area (Å²) in [5.74, 6) is -0.0701. The molecule has 0 aliphatic carbocycles. The SMILES string of the molecule is CC(=O)Oc1[nH]c(C)c(C(C)=O)c1C. The number of aromatic nitrogens is 1. The standard InChI is InChI=1S/C10H13NO3/c1-5-9(7(3)12)6(2)11-10(5)14-8(4)13/h11H,1-4H3. The molecule has 1 N–H and O–H groups in total.